The zero-order chi connectivity index (χ0) is 7.70. The Labute approximate surface area is 55.2 Å². The molecular weight excluding hydrogens is 120 g/mol. The predicted octanol–water partition coefficient (Wildman–Crippen LogP) is 0.844. The topological polar surface area (TPSA) is 49.7 Å². The summed E-state index contributed by atoms with van der Waals surface area (Å²) in [5.41, 5.74) is 0. The Morgan fingerprint density at radius 3 is 1.56 bits per heavy atom. The molecule has 0 bridgehead atoms. The lowest BCUT2D eigenvalue weighted by Crippen LogP contribution is -2.00. The molecule has 0 spiro atoms. The lowest BCUT2D eigenvalue weighted by atomic mass is 10.7. The molecule has 0 aromatic carbocycles. The molecule has 0 heterocycles. The normalized spacial score (nSPS) is 9.89. The Morgan fingerprint density at radius 1 is 1.33 bits per heavy atom. The van der Waals surface area contributed by atoms with Gasteiger partial charge in [-0.3, -0.25) is 0 Å². The maximum Gasteiger partial charge on any atom is 0.185 e. The van der Waals surface area contributed by atoms with E-state index in [4.69, 9.17) is 10.4 Å². The highest BCUT2D eigenvalue weighted by Gasteiger charge is 1.83. The van der Waals surface area contributed by atoms with Gasteiger partial charge in [-0.1, -0.05) is 0 Å². The van der Waals surface area contributed by atoms with Crippen LogP contribution in [-0.2, 0) is 4.89 Å². The Bertz CT molecular complexity index is 82.2. The van der Waals surface area contributed by atoms with Crippen LogP contribution in [0.2, 0.25) is 0 Å². The molecule has 1 atom stereocenters. The van der Waals surface area contributed by atoms with Crippen LogP contribution in [-0.4, -0.2) is 16.7 Å². The van der Waals surface area contributed by atoms with Crippen molar-refractivity contribution in [3.05, 3.63) is 0 Å². The molecule has 54 valence electrons. The molecule has 0 aromatic rings. The van der Waals surface area contributed by atoms with Crippen LogP contribution >= 0.6 is 0 Å². The van der Waals surface area contributed by atoms with Crippen molar-refractivity contribution in [1.82, 2.24) is 0 Å². The summed E-state index contributed by atoms with van der Waals surface area (Å²) in [6.07, 6.45) is -1.06. The van der Waals surface area contributed by atoms with Gasteiger partial charge < -0.3 is 5.11 Å². The lowest BCUT2D eigenvalue weighted by Gasteiger charge is -1.90. The van der Waals surface area contributed by atoms with E-state index in [0.717, 1.165) is 0 Å². The summed E-state index contributed by atoms with van der Waals surface area (Å²) in [4.78, 5) is 3.31. The minimum absolute atomic E-state index is 1.06. The summed E-state index contributed by atoms with van der Waals surface area (Å²) < 4.78 is 0. The molecule has 0 radical (unpaired) electrons. The maximum absolute atomic E-state index is 7.89. The van der Waals surface area contributed by atoms with Crippen molar-refractivity contribution in [2.75, 3.05) is 0 Å². The van der Waals surface area contributed by atoms with Crippen LogP contribution in [0.3, 0.4) is 0 Å². The maximum atomic E-state index is 7.89. The van der Waals surface area contributed by atoms with E-state index in [1.165, 1.54) is 6.92 Å². The zero-order valence-electron chi connectivity index (χ0n) is 5.88. The molecule has 0 saturated heterocycles. The van der Waals surface area contributed by atoms with Crippen molar-refractivity contribution >= 4 is 0 Å². The van der Waals surface area contributed by atoms with Crippen molar-refractivity contribution in [3.8, 4) is 11.8 Å². The van der Waals surface area contributed by atoms with Gasteiger partial charge in [0, 0.05) is 0 Å². The zero-order valence-corrected chi connectivity index (χ0v) is 5.88. The van der Waals surface area contributed by atoms with E-state index in [9.17, 15) is 0 Å². The second-order valence-corrected chi connectivity index (χ2v) is 1.20. The van der Waals surface area contributed by atoms with Gasteiger partial charge in [0.25, 0.3) is 0 Å². The van der Waals surface area contributed by atoms with Crippen LogP contribution in [0.15, 0.2) is 0 Å². The fourth-order valence-corrected chi connectivity index (χ4v) is 0. The molecule has 2 N–H and O–H groups in total. The summed E-state index contributed by atoms with van der Waals surface area (Å²) in [7, 11) is 0. The third-order valence-electron chi connectivity index (χ3n) is 0.403. The highest BCUT2D eigenvalue weighted by molar-refractivity contribution is 4.89. The number of aliphatic hydroxyl groups excluding tert-OH is 1. The minimum Gasteiger partial charge on any atom is -0.366 e. The molecule has 0 aliphatic heterocycles. The highest BCUT2D eigenvalue weighted by Crippen LogP contribution is 1.71. The van der Waals surface area contributed by atoms with Crippen LogP contribution in [0.1, 0.15) is 20.8 Å². The Hall–Kier alpha value is -0.560. The average Bonchev–Trinajstić information content (AvgIpc) is 1.89. The molecule has 3 nitrogen and oxygen atoms in total. The van der Waals surface area contributed by atoms with Gasteiger partial charge in [-0.2, -0.15) is 0 Å². The summed E-state index contributed by atoms with van der Waals surface area (Å²) in [6.45, 7) is 4.94. The van der Waals surface area contributed by atoms with E-state index in [0.29, 0.717) is 0 Å². The second kappa shape index (κ2) is 10.4. The Kier molecular flexibility index (Phi) is 13.1. The summed E-state index contributed by atoms with van der Waals surface area (Å²) in [5, 5.41) is 15.3. The first kappa shape index (κ1) is 11.3. The van der Waals surface area contributed by atoms with Gasteiger partial charge in [-0.05, 0) is 20.8 Å². The molecule has 0 aromatic heterocycles. The molecule has 0 fully saturated rings. The molecule has 1 unspecified atom stereocenters. The Balaban J connectivity index is 0. The van der Waals surface area contributed by atoms with Crippen molar-refractivity contribution in [3.63, 3.8) is 0 Å². The van der Waals surface area contributed by atoms with Gasteiger partial charge in [0.05, 0.1) is 0 Å². The van der Waals surface area contributed by atoms with Crippen molar-refractivity contribution in [2.24, 2.45) is 0 Å². The van der Waals surface area contributed by atoms with Crippen LogP contribution < -0.4 is 0 Å². The van der Waals surface area contributed by atoms with Crippen molar-refractivity contribution in [1.29, 1.82) is 0 Å². The van der Waals surface area contributed by atoms with Crippen molar-refractivity contribution in [2.45, 2.75) is 27.1 Å². The first-order chi connectivity index (χ1) is 4.18. The number of hydrogen-bond acceptors (Lipinski definition) is 3. The minimum atomic E-state index is -1.06. The van der Waals surface area contributed by atoms with Crippen LogP contribution in [0.5, 0.6) is 0 Å². The first-order valence-electron chi connectivity index (χ1n) is 2.50. The molecule has 0 rings (SSSR count). The Morgan fingerprint density at radius 2 is 1.56 bits per heavy atom. The standard InChI is InChI=1S/C4H6.C2H6O3/c1-3-4-2;1-2(3)5-4/h1-2H3;2-4H,1H3. The molecular formula is C6H12O3. The molecule has 0 amide bonds. The highest BCUT2D eigenvalue weighted by atomic mass is 17.1. The summed E-state index contributed by atoms with van der Waals surface area (Å²) in [5.74, 6) is 5.36. The summed E-state index contributed by atoms with van der Waals surface area (Å²) in [6, 6.07) is 0. The number of rotatable bonds is 1. The van der Waals surface area contributed by atoms with Gasteiger partial charge in [0.1, 0.15) is 0 Å². The van der Waals surface area contributed by atoms with E-state index >= 15 is 0 Å². The first-order valence-corrected chi connectivity index (χ1v) is 2.50. The third-order valence-corrected chi connectivity index (χ3v) is 0.403. The van der Waals surface area contributed by atoms with Crippen molar-refractivity contribution < 1.29 is 15.3 Å². The largest absolute Gasteiger partial charge is 0.366 e. The van der Waals surface area contributed by atoms with E-state index in [2.05, 4.69) is 16.7 Å². The molecule has 0 aliphatic rings. The van der Waals surface area contributed by atoms with E-state index < -0.39 is 6.29 Å². The monoisotopic (exact) mass is 132 g/mol. The van der Waals surface area contributed by atoms with Gasteiger partial charge >= 0.3 is 0 Å². The van der Waals surface area contributed by atoms with Crippen LogP contribution in [0, 0.1) is 11.8 Å². The third kappa shape index (κ3) is 37.0. The van der Waals surface area contributed by atoms with Gasteiger partial charge in [0.2, 0.25) is 0 Å². The average molecular weight is 132 g/mol. The fourth-order valence-electron chi connectivity index (χ4n) is 0. The van der Waals surface area contributed by atoms with Crippen LogP contribution in [0.4, 0.5) is 0 Å². The molecule has 3 heteroatoms. The van der Waals surface area contributed by atoms with E-state index in [1.807, 2.05) is 13.8 Å². The molecule has 0 aliphatic carbocycles. The number of aliphatic hydroxyl groups is 1. The SMILES string of the molecule is CC#CC.CC(O)OO. The summed E-state index contributed by atoms with van der Waals surface area (Å²) >= 11 is 0. The van der Waals surface area contributed by atoms with Crippen LogP contribution in [0.25, 0.3) is 0 Å². The molecule has 0 saturated carbocycles. The van der Waals surface area contributed by atoms with Gasteiger partial charge in [0.15, 0.2) is 6.29 Å². The fraction of sp³-hybridized carbons (Fsp3) is 0.667. The number of hydrogen-bond donors (Lipinski definition) is 2. The van der Waals surface area contributed by atoms with Gasteiger partial charge in [-0.15, -0.1) is 11.8 Å². The van der Waals surface area contributed by atoms with E-state index in [1.54, 1.807) is 0 Å². The van der Waals surface area contributed by atoms with E-state index in [-0.39, 0.29) is 0 Å². The quantitative estimate of drug-likeness (QED) is 0.240. The predicted molar refractivity (Wildman–Crippen MR) is 34.5 cm³/mol. The molecule has 9 heavy (non-hydrogen) atoms. The second-order valence-electron chi connectivity index (χ2n) is 1.20. The van der Waals surface area contributed by atoms with Gasteiger partial charge in [-0.25, -0.2) is 10.1 Å². The lowest BCUT2D eigenvalue weighted by molar-refractivity contribution is -0.327. The smallest absolute Gasteiger partial charge is 0.185 e.